The van der Waals surface area contributed by atoms with Crippen molar-refractivity contribution in [3.8, 4) is 0 Å². The predicted molar refractivity (Wildman–Crippen MR) is 56.0 cm³/mol. The molecule has 0 saturated heterocycles. The Balaban J connectivity index is -0.000000135. The first kappa shape index (κ1) is 18.9. The number of carbonyl (C=O) groups excluding carboxylic acids is 2. The van der Waals surface area contributed by atoms with Crippen LogP contribution in [0, 0.1) is 0 Å². The summed E-state index contributed by atoms with van der Waals surface area (Å²) >= 11 is 0. The molecule has 0 spiro atoms. The molecule has 4 nitrogen and oxygen atoms in total. The Bertz CT molecular complexity index is 121. The summed E-state index contributed by atoms with van der Waals surface area (Å²) in [7, 11) is 0. The molecule has 0 radical (unpaired) electrons. The minimum absolute atomic E-state index is 0.167. The fourth-order valence-electron chi connectivity index (χ4n) is 0.241. The second-order valence-electron chi connectivity index (χ2n) is 2.87. The summed E-state index contributed by atoms with van der Waals surface area (Å²) in [6.45, 7) is 10.1. The van der Waals surface area contributed by atoms with Gasteiger partial charge in [-0.25, -0.2) is 0 Å². The summed E-state index contributed by atoms with van der Waals surface area (Å²) in [5, 5.41) is 8.33. The number of ketones is 2. The van der Waals surface area contributed by atoms with Crippen LogP contribution in [0.5, 0.6) is 0 Å². The maximum atomic E-state index is 9.44. The predicted octanol–water partition coefficient (Wildman–Crippen LogP) is 1.55. The van der Waals surface area contributed by atoms with Crippen LogP contribution in [-0.2, 0) is 14.3 Å². The zero-order valence-electron chi connectivity index (χ0n) is 9.96. The first-order valence-corrected chi connectivity index (χ1v) is 4.48. The van der Waals surface area contributed by atoms with Crippen molar-refractivity contribution >= 4 is 11.6 Å². The normalized spacial score (nSPS) is 9.93. The van der Waals surface area contributed by atoms with Gasteiger partial charge >= 0.3 is 0 Å². The second kappa shape index (κ2) is 14.8. The third-order valence-electron chi connectivity index (χ3n) is 0.408. The molecule has 86 valence electrons. The van der Waals surface area contributed by atoms with Gasteiger partial charge in [-0.15, -0.1) is 0 Å². The topological polar surface area (TPSA) is 63.6 Å². The highest BCUT2D eigenvalue weighted by Gasteiger charge is 1.85. The van der Waals surface area contributed by atoms with E-state index >= 15 is 0 Å². The van der Waals surface area contributed by atoms with Crippen molar-refractivity contribution in [2.75, 3.05) is 6.61 Å². The highest BCUT2D eigenvalue weighted by Crippen LogP contribution is 1.78. The lowest BCUT2D eigenvalue weighted by molar-refractivity contribution is -0.115. The fourth-order valence-corrected chi connectivity index (χ4v) is 0.241. The van der Waals surface area contributed by atoms with Crippen LogP contribution in [0.3, 0.4) is 0 Å². The highest BCUT2D eigenvalue weighted by molar-refractivity contribution is 5.72. The largest absolute Gasteiger partial charge is 0.368 e. The quantitative estimate of drug-likeness (QED) is 0.696. The molecule has 0 heterocycles. The molecule has 0 aliphatic rings. The van der Waals surface area contributed by atoms with Crippen molar-refractivity contribution in [1.29, 1.82) is 0 Å². The molecule has 0 aromatic carbocycles. The van der Waals surface area contributed by atoms with Gasteiger partial charge in [-0.1, -0.05) is 0 Å². The molecule has 1 N–H and O–H groups in total. The molecule has 1 atom stereocenters. The van der Waals surface area contributed by atoms with E-state index in [-0.39, 0.29) is 11.6 Å². The van der Waals surface area contributed by atoms with Crippen molar-refractivity contribution in [2.24, 2.45) is 0 Å². The molecule has 0 fully saturated rings. The summed E-state index contributed by atoms with van der Waals surface area (Å²) in [5.74, 6) is 0.333. The number of aliphatic hydroxyl groups is 1. The maximum Gasteiger partial charge on any atom is 0.151 e. The lowest BCUT2D eigenvalue weighted by Gasteiger charge is -1.99. The fraction of sp³-hybridized carbons (Fsp3) is 0.800. The van der Waals surface area contributed by atoms with Crippen LogP contribution in [-0.4, -0.2) is 29.6 Å². The van der Waals surface area contributed by atoms with Gasteiger partial charge in [0, 0.05) is 6.61 Å². The third kappa shape index (κ3) is 232. The standard InChI is InChI=1S/C4H10O2.2C3H6O/c1-3-6-4(2)5;2*1-3(2)4/h4-5H,3H2,1-2H3;2*1-2H3. The van der Waals surface area contributed by atoms with Crippen molar-refractivity contribution in [3.63, 3.8) is 0 Å². The summed E-state index contributed by atoms with van der Waals surface area (Å²) in [6.07, 6.45) is -0.602. The Hall–Kier alpha value is -0.740. The van der Waals surface area contributed by atoms with E-state index in [9.17, 15) is 9.59 Å². The van der Waals surface area contributed by atoms with Crippen molar-refractivity contribution in [2.45, 2.75) is 47.8 Å². The Morgan fingerprint density at radius 1 is 1.14 bits per heavy atom. The second-order valence-corrected chi connectivity index (χ2v) is 2.87. The molecule has 0 aliphatic carbocycles. The van der Waals surface area contributed by atoms with Crippen LogP contribution in [0.4, 0.5) is 0 Å². The van der Waals surface area contributed by atoms with Gasteiger partial charge in [0.15, 0.2) is 6.29 Å². The van der Waals surface area contributed by atoms with Crippen LogP contribution in [0.2, 0.25) is 0 Å². The monoisotopic (exact) mass is 206 g/mol. The molecule has 0 aromatic heterocycles. The number of hydrogen-bond donors (Lipinski definition) is 1. The number of carbonyl (C=O) groups is 2. The van der Waals surface area contributed by atoms with Crippen LogP contribution in [0.1, 0.15) is 41.5 Å². The average Bonchev–Trinajstić information content (AvgIpc) is 1.82. The first-order chi connectivity index (χ1) is 6.23. The van der Waals surface area contributed by atoms with Crippen LogP contribution in [0.25, 0.3) is 0 Å². The number of aliphatic hydroxyl groups excluding tert-OH is 1. The van der Waals surface area contributed by atoms with E-state index in [1.807, 2.05) is 6.92 Å². The summed E-state index contributed by atoms with van der Waals surface area (Å²) in [6, 6.07) is 0. The number of ether oxygens (including phenoxy) is 1. The van der Waals surface area contributed by atoms with E-state index in [2.05, 4.69) is 4.74 Å². The molecule has 0 aliphatic heterocycles. The third-order valence-corrected chi connectivity index (χ3v) is 0.408. The molecular formula is C10H22O4. The Kier molecular flexibility index (Phi) is 20.0. The van der Waals surface area contributed by atoms with Gasteiger partial charge in [0.2, 0.25) is 0 Å². The van der Waals surface area contributed by atoms with Crippen LogP contribution >= 0.6 is 0 Å². The molecule has 14 heavy (non-hydrogen) atoms. The summed E-state index contributed by atoms with van der Waals surface area (Å²) in [5.41, 5.74) is 0. The Morgan fingerprint density at radius 2 is 1.36 bits per heavy atom. The van der Waals surface area contributed by atoms with E-state index in [4.69, 9.17) is 5.11 Å². The molecule has 0 amide bonds. The minimum Gasteiger partial charge on any atom is -0.368 e. The molecule has 1 unspecified atom stereocenters. The van der Waals surface area contributed by atoms with Crippen molar-refractivity contribution in [1.82, 2.24) is 0 Å². The number of Topliss-reactive ketones (excluding diaryl/α,β-unsaturated/α-hetero) is 2. The van der Waals surface area contributed by atoms with E-state index in [1.54, 1.807) is 6.92 Å². The maximum absolute atomic E-state index is 9.44. The van der Waals surface area contributed by atoms with Gasteiger partial charge in [0.1, 0.15) is 11.6 Å². The summed E-state index contributed by atoms with van der Waals surface area (Å²) in [4.78, 5) is 18.9. The minimum atomic E-state index is -0.602. The molecule has 0 aromatic rings. The number of rotatable bonds is 2. The smallest absolute Gasteiger partial charge is 0.151 e. The molecule has 0 bridgehead atoms. The summed E-state index contributed by atoms with van der Waals surface area (Å²) < 4.78 is 4.60. The Labute approximate surface area is 86.3 Å². The average molecular weight is 206 g/mol. The molecule has 4 heteroatoms. The zero-order chi connectivity index (χ0) is 12.1. The van der Waals surface area contributed by atoms with Gasteiger partial charge in [0.05, 0.1) is 0 Å². The van der Waals surface area contributed by atoms with Gasteiger partial charge < -0.3 is 19.4 Å². The highest BCUT2D eigenvalue weighted by atomic mass is 16.6. The SMILES string of the molecule is CC(C)=O.CC(C)=O.CCOC(C)O. The lowest BCUT2D eigenvalue weighted by atomic mass is 10.6. The molecule has 0 saturated carbocycles. The van der Waals surface area contributed by atoms with Gasteiger partial charge in [-0.2, -0.15) is 0 Å². The van der Waals surface area contributed by atoms with E-state index < -0.39 is 6.29 Å². The zero-order valence-corrected chi connectivity index (χ0v) is 9.96. The van der Waals surface area contributed by atoms with Crippen LogP contribution < -0.4 is 0 Å². The van der Waals surface area contributed by atoms with Crippen LogP contribution in [0.15, 0.2) is 0 Å². The Morgan fingerprint density at radius 3 is 1.36 bits per heavy atom. The van der Waals surface area contributed by atoms with E-state index in [0.29, 0.717) is 6.61 Å². The van der Waals surface area contributed by atoms with Gasteiger partial charge in [0.25, 0.3) is 0 Å². The molecule has 0 rings (SSSR count). The van der Waals surface area contributed by atoms with Crippen molar-refractivity contribution < 1.29 is 19.4 Å². The van der Waals surface area contributed by atoms with Gasteiger partial charge in [-0.05, 0) is 41.5 Å². The number of hydrogen-bond acceptors (Lipinski definition) is 4. The van der Waals surface area contributed by atoms with Gasteiger partial charge in [-0.3, -0.25) is 0 Å². The van der Waals surface area contributed by atoms with Crippen molar-refractivity contribution in [3.05, 3.63) is 0 Å². The molecular weight excluding hydrogens is 184 g/mol. The lowest BCUT2D eigenvalue weighted by Crippen LogP contribution is -2.04. The first-order valence-electron chi connectivity index (χ1n) is 4.48. The van der Waals surface area contributed by atoms with E-state index in [1.165, 1.54) is 27.7 Å². The van der Waals surface area contributed by atoms with E-state index in [0.717, 1.165) is 0 Å².